The van der Waals surface area contributed by atoms with Crippen LogP contribution in [0.15, 0.2) is 35.1 Å². The first-order valence-corrected chi connectivity index (χ1v) is 6.35. The molecule has 18 heavy (non-hydrogen) atoms. The summed E-state index contributed by atoms with van der Waals surface area (Å²) in [6, 6.07) is 6.88. The lowest BCUT2D eigenvalue weighted by molar-refractivity contribution is 0.471. The number of imidazole rings is 1. The molecule has 0 fully saturated rings. The van der Waals surface area contributed by atoms with Gasteiger partial charge in [0.25, 0.3) is 0 Å². The molecule has 1 atom stereocenters. The lowest BCUT2D eigenvalue weighted by atomic mass is 10.1. The van der Waals surface area contributed by atoms with Crippen molar-refractivity contribution in [3.63, 3.8) is 0 Å². The van der Waals surface area contributed by atoms with Gasteiger partial charge >= 0.3 is 5.69 Å². The third-order valence-corrected chi connectivity index (χ3v) is 3.53. The SMILES string of the molecule is CC(NC1CC=CC1)c1ccc2[nH]c(=O)[nH]c2c1. The number of benzene rings is 1. The van der Waals surface area contributed by atoms with Gasteiger partial charge < -0.3 is 15.3 Å². The van der Waals surface area contributed by atoms with Crippen molar-refractivity contribution in [3.8, 4) is 0 Å². The van der Waals surface area contributed by atoms with Gasteiger partial charge in [-0.05, 0) is 37.5 Å². The molecule has 2 aromatic rings. The number of hydrogen-bond acceptors (Lipinski definition) is 2. The van der Waals surface area contributed by atoms with Gasteiger partial charge in [-0.15, -0.1) is 0 Å². The zero-order valence-electron chi connectivity index (χ0n) is 10.4. The third-order valence-electron chi connectivity index (χ3n) is 3.53. The van der Waals surface area contributed by atoms with E-state index in [1.54, 1.807) is 0 Å². The summed E-state index contributed by atoms with van der Waals surface area (Å²) in [5.74, 6) is 0. The summed E-state index contributed by atoms with van der Waals surface area (Å²) in [7, 11) is 0. The van der Waals surface area contributed by atoms with E-state index < -0.39 is 0 Å². The lowest BCUT2D eigenvalue weighted by Gasteiger charge is -2.19. The Balaban J connectivity index is 1.81. The number of rotatable bonds is 3. The minimum Gasteiger partial charge on any atom is -0.307 e. The molecule has 1 aliphatic carbocycles. The van der Waals surface area contributed by atoms with E-state index in [1.165, 1.54) is 5.56 Å². The molecule has 0 spiro atoms. The average Bonchev–Trinajstić information content (AvgIpc) is 2.95. The molecule has 3 rings (SSSR count). The van der Waals surface area contributed by atoms with E-state index in [0.717, 1.165) is 23.9 Å². The van der Waals surface area contributed by atoms with Crippen molar-refractivity contribution in [2.45, 2.75) is 31.8 Å². The zero-order valence-corrected chi connectivity index (χ0v) is 10.4. The molecular weight excluding hydrogens is 226 g/mol. The van der Waals surface area contributed by atoms with Crippen LogP contribution in [-0.2, 0) is 0 Å². The van der Waals surface area contributed by atoms with Gasteiger partial charge in [-0.2, -0.15) is 0 Å². The van der Waals surface area contributed by atoms with Gasteiger partial charge in [-0.3, -0.25) is 0 Å². The van der Waals surface area contributed by atoms with Crippen LogP contribution < -0.4 is 11.0 Å². The van der Waals surface area contributed by atoms with E-state index in [4.69, 9.17) is 0 Å². The van der Waals surface area contributed by atoms with E-state index in [9.17, 15) is 4.79 Å². The quantitative estimate of drug-likeness (QED) is 0.724. The fourth-order valence-electron chi connectivity index (χ4n) is 2.52. The van der Waals surface area contributed by atoms with Crippen LogP contribution >= 0.6 is 0 Å². The monoisotopic (exact) mass is 243 g/mol. The van der Waals surface area contributed by atoms with Crippen molar-refractivity contribution in [3.05, 3.63) is 46.4 Å². The fourth-order valence-corrected chi connectivity index (χ4v) is 2.52. The summed E-state index contributed by atoms with van der Waals surface area (Å²) in [6.45, 7) is 2.16. The van der Waals surface area contributed by atoms with E-state index in [1.807, 2.05) is 12.1 Å². The molecule has 1 heterocycles. The Morgan fingerprint density at radius 3 is 2.72 bits per heavy atom. The van der Waals surface area contributed by atoms with Crippen LogP contribution in [-0.4, -0.2) is 16.0 Å². The third kappa shape index (κ3) is 2.11. The molecule has 1 aromatic carbocycles. The molecule has 4 heteroatoms. The normalized spacial score (nSPS) is 17.6. The molecular formula is C14H17N3O. The van der Waals surface area contributed by atoms with Crippen molar-refractivity contribution in [2.75, 3.05) is 0 Å². The van der Waals surface area contributed by atoms with Gasteiger partial charge in [0.1, 0.15) is 0 Å². The molecule has 0 saturated heterocycles. The van der Waals surface area contributed by atoms with Crippen molar-refractivity contribution in [1.29, 1.82) is 0 Å². The molecule has 0 amide bonds. The average molecular weight is 243 g/mol. The summed E-state index contributed by atoms with van der Waals surface area (Å²) < 4.78 is 0. The number of fused-ring (bicyclic) bond motifs is 1. The van der Waals surface area contributed by atoms with Gasteiger partial charge in [-0.1, -0.05) is 18.2 Å². The highest BCUT2D eigenvalue weighted by molar-refractivity contribution is 5.75. The number of aromatic amines is 2. The molecule has 0 bridgehead atoms. The van der Waals surface area contributed by atoms with Crippen LogP contribution in [0.4, 0.5) is 0 Å². The Kier molecular flexibility index (Phi) is 2.80. The van der Waals surface area contributed by atoms with E-state index >= 15 is 0 Å². The predicted octanol–water partition coefficient (Wildman–Crippen LogP) is 2.23. The maximum Gasteiger partial charge on any atom is 0.323 e. The van der Waals surface area contributed by atoms with Crippen LogP contribution in [0.2, 0.25) is 0 Å². The smallest absolute Gasteiger partial charge is 0.307 e. The second-order valence-corrected chi connectivity index (χ2v) is 4.91. The first kappa shape index (κ1) is 11.3. The van der Waals surface area contributed by atoms with Crippen molar-refractivity contribution in [2.24, 2.45) is 0 Å². The fraction of sp³-hybridized carbons (Fsp3) is 0.357. The van der Waals surface area contributed by atoms with Crippen LogP contribution in [0.3, 0.4) is 0 Å². The van der Waals surface area contributed by atoms with Crippen molar-refractivity contribution in [1.82, 2.24) is 15.3 Å². The highest BCUT2D eigenvalue weighted by Crippen LogP contribution is 2.20. The summed E-state index contributed by atoms with van der Waals surface area (Å²) in [5.41, 5.74) is 2.78. The van der Waals surface area contributed by atoms with Crippen LogP contribution in [0, 0.1) is 0 Å². The molecule has 4 nitrogen and oxygen atoms in total. The second kappa shape index (κ2) is 4.46. The van der Waals surface area contributed by atoms with E-state index in [-0.39, 0.29) is 11.7 Å². The standard InChI is InChI=1S/C14H17N3O/c1-9(15-11-4-2-3-5-11)10-6-7-12-13(8-10)17-14(18)16-12/h2-3,6-9,11,15H,4-5H2,1H3,(H2,16,17,18). The minimum atomic E-state index is -0.150. The van der Waals surface area contributed by atoms with E-state index in [2.05, 4.69) is 40.4 Å². The van der Waals surface area contributed by atoms with Gasteiger partial charge in [0.05, 0.1) is 11.0 Å². The van der Waals surface area contributed by atoms with E-state index in [0.29, 0.717) is 6.04 Å². The summed E-state index contributed by atoms with van der Waals surface area (Å²) in [6.07, 6.45) is 6.65. The zero-order chi connectivity index (χ0) is 12.5. The summed E-state index contributed by atoms with van der Waals surface area (Å²) in [5, 5.41) is 3.60. The number of H-pyrrole nitrogens is 2. The number of nitrogens with one attached hydrogen (secondary N) is 3. The molecule has 94 valence electrons. The largest absolute Gasteiger partial charge is 0.323 e. The molecule has 0 saturated carbocycles. The Bertz CT molecular complexity index is 630. The topological polar surface area (TPSA) is 60.7 Å². The maximum atomic E-state index is 11.2. The molecule has 0 radical (unpaired) electrons. The highest BCUT2D eigenvalue weighted by atomic mass is 16.1. The van der Waals surface area contributed by atoms with Crippen LogP contribution in [0.5, 0.6) is 0 Å². The van der Waals surface area contributed by atoms with Crippen molar-refractivity contribution >= 4 is 11.0 Å². The minimum absolute atomic E-state index is 0.150. The summed E-state index contributed by atoms with van der Waals surface area (Å²) in [4.78, 5) is 16.8. The van der Waals surface area contributed by atoms with Gasteiger partial charge in [0, 0.05) is 12.1 Å². The first-order chi connectivity index (χ1) is 8.72. The highest BCUT2D eigenvalue weighted by Gasteiger charge is 2.14. The van der Waals surface area contributed by atoms with Gasteiger partial charge in [0.15, 0.2) is 0 Å². The Hall–Kier alpha value is -1.81. The Morgan fingerprint density at radius 2 is 1.94 bits per heavy atom. The maximum absolute atomic E-state index is 11.2. The Morgan fingerprint density at radius 1 is 1.22 bits per heavy atom. The van der Waals surface area contributed by atoms with Gasteiger partial charge in [-0.25, -0.2) is 4.79 Å². The number of hydrogen-bond donors (Lipinski definition) is 3. The molecule has 1 aliphatic rings. The van der Waals surface area contributed by atoms with Crippen LogP contribution in [0.1, 0.15) is 31.4 Å². The molecule has 0 aliphatic heterocycles. The lowest BCUT2D eigenvalue weighted by Crippen LogP contribution is -2.29. The summed E-state index contributed by atoms with van der Waals surface area (Å²) >= 11 is 0. The molecule has 1 unspecified atom stereocenters. The molecule has 3 N–H and O–H groups in total. The first-order valence-electron chi connectivity index (χ1n) is 6.35. The van der Waals surface area contributed by atoms with Crippen LogP contribution in [0.25, 0.3) is 11.0 Å². The number of aromatic nitrogens is 2. The predicted molar refractivity (Wildman–Crippen MR) is 72.6 cm³/mol. The van der Waals surface area contributed by atoms with Crippen molar-refractivity contribution < 1.29 is 0 Å². The molecule has 1 aromatic heterocycles. The second-order valence-electron chi connectivity index (χ2n) is 4.91. The Labute approximate surface area is 105 Å². The van der Waals surface area contributed by atoms with Gasteiger partial charge in [0.2, 0.25) is 0 Å².